The van der Waals surface area contributed by atoms with Crippen molar-refractivity contribution in [2.45, 2.75) is 19.1 Å². The quantitative estimate of drug-likeness (QED) is 0.416. The highest BCUT2D eigenvalue weighted by atomic mass is 19.4. The number of aromatic amines is 1. The second kappa shape index (κ2) is 12.6. The first-order valence-electron chi connectivity index (χ1n) is 13.9. The summed E-state index contributed by atoms with van der Waals surface area (Å²) in [7, 11) is 2.01. The predicted molar refractivity (Wildman–Crippen MR) is 152 cm³/mol. The van der Waals surface area contributed by atoms with Crippen LogP contribution in [-0.2, 0) is 17.5 Å². The Hall–Kier alpha value is -3.74. The van der Waals surface area contributed by atoms with Crippen LogP contribution in [0.2, 0.25) is 0 Å². The van der Waals surface area contributed by atoms with Crippen LogP contribution in [0.5, 0.6) is 0 Å². The summed E-state index contributed by atoms with van der Waals surface area (Å²) in [4.78, 5) is 33.5. The number of alkyl halides is 3. The summed E-state index contributed by atoms with van der Waals surface area (Å²) in [5, 5.41) is 2.64. The monoisotopic (exact) mass is 587 g/mol. The SMILES string of the molecule is CN1CCCN(c2ccc(-c3cc(CN4CCOCC4)ccc3F)cc2NC(=O)c2c[nH]c(=O)cc2C(F)(F)F)CC1. The molecule has 1 amide bonds. The Bertz CT molecular complexity index is 1490. The number of nitrogens with one attached hydrogen (secondary N) is 2. The van der Waals surface area contributed by atoms with E-state index in [1.165, 1.54) is 6.07 Å². The second-order valence-electron chi connectivity index (χ2n) is 10.7. The number of hydrogen-bond acceptors (Lipinski definition) is 6. The van der Waals surface area contributed by atoms with Gasteiger partial charge >= 0.3 is 6.18 Å². The molecule has 3 heterocycles. The van der Waals surface area contributed by atoms with E-state index in [1.807, 2.05) is 7.05 Å². The number of hydrogen-bond donors (Lipinski definition) is 2. The lowest BCUT2D eigenvalue weighted by Gasteiger charge is -2.27. The van der Waals surface area contributed by atoms with Crippen molar-refractivity contribution in [2.24, 2.45) is 0 Å². The van der Waals surface area contributed by atoms with Crippen molar-refractivity contribution in [1.29, 1.82) is 0 Å². The van der Waals surface area contributed by atoms with E-state index in [0.29, 0.717) is 55.7 Å². The molecule has 2 saturated heterocycles. The summed E-state index contributed by atoms with van der Waals surface area (Å²) in [6.07, 6.45) is -3.30. The molecule has 2 aliphatic rings. The van der Waals surface area contributed by atoms with Gasteiger partial charge in [-0.05, 0) is 55.4 Å². The van der Waals surface area contributed by atoms with Crippen LogP contribution in [0.15, 0.2) is 53.5 Å². The number of morpholine rings is 1. The van der Waals surface area contributed by atoms with E-state index in [9.17, 15) is 22.8 Å². The first-order valence-corrected chi connectivity index (χ1v) is 13.9. The molecule has 224 valence electrons. The van der Waals surface area contributed by atoms with Crippen molar-refractivity contribution in [2.75, 3.05) is 69.7 Å². The molecule has 8 nitrogen and oxygen atoms in total. The van der Waals surface area contributed by atoms with E-state index >= 15 is 4.39 Å². The van der Waals surface area contributed by atoms with Gasteiger partial charge in [0, 0.05) is 57.1 Å². The molecular weight excluding hydrogens is 554 g/mol. The van der Waals surface area contributed by atoms with Crippen molar-refractivity contribution in [3.05, 3.63) is 81.5 Å². The van der Waals surface area contributed by atoms with Crippen LogP contribution in [0.25, 0.3) is 11.1 Å². The van der Waals surface area contributed by atoms with E-state index in [0.717, 1.165) is 44.4 Å². The summed E-state index contributed by atoms with van der Waals surface area (Å²) in [6, 6.07) is 10.4. The van der Waals surface area contributed by atoms with Gasteiger partial charge in [-0.3, -0.25) is 14.5 Å². The average Bonchev–Trinajstić information content (AvgIpc) is 3.18. The van der Waals surface area contributed by atoms with Crippen LogP contribution >= 0.6 is 0 Å². The van der Waals surface area contributed by atoms with Crippen molar-refractivity contribution in [3.63, 3.8) is 0 Å². The molecule has 3 aromatic rings. The van der Waals surface area contributed by atoms with Gasteiger partial charge in [0.05, 0.1) is 35.7 Å². The van der Waals surface area contributed by atoms with E-state index in [4.69, 9.17) is 4.74 Å². The molecular formula is C30H33F4N5O3. The molecule has 0 aliphatic carbocycles. The third kappa shape index (κ3) is 7.00. The Morgan fingerprint density at radius 3 is 2.55 bits per heavy atom. The summed E-state index contributed by atoms with van der Waals surface area (Å²) < 4.78 is 61.7. The maximum Gasteiger partial charge on any atom is 0.417 e. The highest BCUT2D eigenvalue weighted by molar-refractivity contribution is 6.07. The molecule has 2 aromatic carbocycles. The zero-order chi connectivity index (χ0) is 29.9. The maximum absolute atomic E-state index is 15.2. The molecule has 0 unspecified atom stereocenters. The molecule has 5 rings (SSSR count). The third-order valence-electron chi connectivity index (χ3n) is 7.63. The Labute approximate surface area is 240 Å². The number of amides is 1. The van der Waals surface area contributed by atoms with Crippen LogP contribution in [0, 0.1) is 5.82 Å². The zero-order valence-corrected chi connectivity index (χ0v) is 23.3. The number of nitrogens with zero attached hydrogens (tertiary/aromatic N) is 3. The van der Waals surface area contributed by atoms with E-state index in [-0.39, 0.29) is 5.69 Å². The molecule has 2 N–H and O–H groups in total. The number of benzene rings is 2. The van der Waals surface area contributed by atoms with Crippen LogP contribution in [0.1, 0.15) is 27.9 Å². The van der Waals surface area contributed by atoms with Crippen LogP contribution in [-0.4, -0.2) is 80.2 Å². The van der Waals surface area contributed by atoms with Crippen molar-refractivity contribution in [1.82, 2.24) is 14.8 Å². The summed E-state index contributed by atoms with van der Waals surface area (Å²) in [5.74, 6) is -1.49. The number of aromatic nitrogens is 1. The largest absolute Gasteiger partial charge is 0.417 e. The highest BCUT2D eigenvalue weighted by Crippen LogP contribution is 2.36. The second-order valence-corrected chi connectivity index (χ2v) is 10.7. The van der Waals surface area contributed by atoms with Crippen LogP contribution in [0.4, 0.5) is 28.9 Å². The fourth-order valence-electron chi connectivity index (χ4n) is 5.36. The molecule has 0 spiro atoms. The lowest BCUT2D eigenvalue weighted by molar-refractivity contribution is -0.138. The molecule has 2 aliphatic heterocycles. The molecule has 2 fully saturated rings. The maximum atomic E-state index is 15.2. The summed E-state index contributed by atoms with van der Waals surface area (Å²) in [5.41, 5.74) is -0.459. The van der Waals surface area contributed by atoms with E-state index in [1.54, 1.807) is 30.3 Å². The first-order chi connectivity index (χ1) is 20.1. The number of ether oxygens (including phenoxy) is 1. The molecule has 0 radical (unpaired) electrons. The third-order valence-corrected chi connectivity index (χ3v) is 7.63. The van der Waals surface area contributed by atoms with Gasteiger partial charge in [-0.2, -0.15) is 13.2 Å². The lowest BCUT2D eigenvalue weighted by Crippen LogP contribution is -2.35. The highest BCUT2D eigenvalue weighted by Gasteiger charge is 2.36. The Morgan fingerprint density at radius 2 is 1.79 bits per heavy atom. The van der Waals surface area contributed by atoms with Gasteiger partial charge in [-0.25, -0.2) is 4.39 Å². The Kier molecular flexibility index (Phi) is 8.95. The van der Waals surface area contributed by atoms with Crippen molar-refractivity contribution in [3.8, 4) is 11.1 Å². The minimum absolute atomic E-state index is 0.249. The number of halogens is 4. The minimum atomic E-state index is -4.91. The van der Waals surface area contributed by atoms with Gasteiger partial charge < -0.3 is 24.8 Å². The molecule has 0 saturated carbocycles. The number of carbonyl (C=O) groups excluding carboxylic acids is 1. The van der Waals surface area contributed by atoms with Gasteiger partial charge in [0.2, 0.25) is 5.56 Å². The topological polar surface area (TPSA) is 80.9 Å². The fourth-order valence-corrected chi connectivity index (χ4v) is 5.36. The smallest absolute Gasteiger partial charge is 0.379 e. The number of likely N-dealkylation sites (N-methyl/N-ethyl adjacent to an activating group) is 1. The number of pyridine rings is 1. The molecule has 0 atom stereocenters. The standard InChI is InChI=1S/C30H33F4N5O3/c1-37-7-2-8-39(10-9-37)27-6-4-21(22-15-20(3-5-25(22)31)19-38-11-13-42-14-12-38)16-26(27)36-29(41)23-18-35-28(40)17-24(23)30(32,33)34/h3-6,15-18H,2,7-14,19H2,1H3,(H,35,40)(H,36,41). The number of H-pyrrole nitrogens is 1. The summed E-state index contributed by atoms with van der Waals surface area (Å²) in [6.45, 7) is 6.37. The Morgan fingerprint density at radius 1 is 1.00 bits per heavy atom. The van der Waals surface area contributed by atoms with Crippen LogP contribution in [0.3, 0.4) is 0 Å². The van der Waals surface area contributed by atoms with Crippen molar-refractivity contribution >= 4 is 17.3 Å². The minimum Gasteiger partial charge on any atom is -0.379 e. The van der Waals surface area contributed by atoms with Gasteiger partial charge in [-0.1, -0.05) is 12.1 Å². The predicted octanol–water partition coefficient (Wildman–Crippen LogP) is 4.43. The van der Waals surface area contributed by atoms with E-state index < -0.39 is 34.6 Å². The first kappa shape index (κ1) is 29.7. The zero-order valence-electron chi connectivity index (χ0n) is 23.3. The lowest BCUT2D eigenvalue weighted by atomic mass is 10.00. The molecule has 42 heavy (non-hydrogen) atoms. The van der Waals surface area contributed by atoms with Crippen molar-refractivity contribution < 1.29 is 27.1 Å². The normalized spacial score (nSPS) is 17.2. The van der Waals surface area contributed by atoms with Gasteiger partial charge in [0.25, 0.3) is 5.91 Å². The fraction of sp³-hybridized carbons (Fsp3) is 0.400. The molecule has 12 heteroatoms. The average molecular weight is 588 g/mol. The summed E-state index contributed by atoms with van der Waals surface area (Å²) >= 11 is 0. The Balaban J connectivity index is 1.52. The van der Waals surface area contributed by atoms with Crippen LogP contribution < -0.4 is 15.8 Å². The molecule has 0 bridgehead atoms. The number of rotatable bonds is 6. The number of carbonyl (C=O) groups is 1. The van der Waals surface area contributed by atoms with Gasteiger partial charge in [-0.15, -0.1) is 0 Å². The van der Waals surface area contributed by atoms with E-state index in [2.05, 4.69) is 25.0 Å². The van der Waals surface area contributed by atoms with Gasteiger partial charge in [0.15, 0.2) is 0 Å². The number of anilines is 2. The van der Waals surface area contributed by atoms with Gasteiger partial charge in [0.1, 0.15) is 5.82 Å². The molecule has 1 aromatic heterocycles.